The van der Waals surface area contributed by atoms with Crippen molar-refractivity contribution < 1.29 is 23.9 Å². The molecule has 0 atom stereocenters. The lowest BCUT2D eigenvalue weighted by atomic mass is 10.1. The maximum Gasteiger partial charge on any atom is 0.355 e. The van der Waals surface area contributed by atoms with E-state index in [0.29, 0.717) is 29.8 Å². The highest BCUT2D eigenvalue weighted by atomic mass is 32.1. The Morgan fingerprint density at radius 3 is 2.65 bits per heavy atom. The molecule has 0 radical (unpaired) electrons. The van der Waals surface area contributed by atoms with E-state index >= 15 is 0 Å². The fourth-order valence-electron chi connectivity index (χ4n) is 2.54. The lowest BCUT2D eigenvalue weighted by Crippen LogP contribution is -2.30. The van der Waals surface area contributed by atoms with Crippen LogP contribution in [0.15, 0.2) is 17.5 Å². The Hall–Kier alpha value is -2.61. The van der Waals surface area contributed by atoms with Gasteiger partial charge >= 0.3 is 11.9 Å². The molecule has 0 aliphatic carbocycles. The lowest BCUT2D eigenvalue weighted by Gasteiger charge is -2.06. The van der Waals surface area contributed by atoms with Crippen molar-refractivity contribution in [3.63, 3.8) is 0 Å². The van der Waals surface area contributed by atoms with E-state index < -0.39 is 11.9 Å². The zero-order valence-electron chi connectivity index (χ0n) is 15.0. The predicted molar refractivity (Wildman–Crippen MR) is 97.6 cm³/mol. The Morgan fingerprint density at radius 1 is 1.27 bits per heavy atom. The molecule has 0 aromatic carbocycles. The number of thiophene rings is 1. The number of esters is 2. The second kappa shape index (κ2) is 9.19. The van der Waals surface area contributed by atoms with E-state index in [4.69, 9.17) is 9.47 Å². The van der Waals surface area contributed by atoms with Gasteiger partial charge in [0.25, 0.3) is 5.91 Å². The molecule has 0 aliphatic heterocycles. The van der Waals surface area contributed by atoms with E-state index in [2.05, 4.69) is 10.3 Å². The number of methoxy groups -OCH3 is 1. The predicted octanol–water partition coefficient (Wildman–Crippen LogP) is 2.25. The Kier molecular flexibility index (Phi) is 6.97. The topological polar surface area (TPSA) is 97.5 Å². The molecule has 0 bridgehead atoms. The van der Waals surface area contributed by atoms with E-state index in [0.717, 1.165) is 6.42 Å². The van der Waals surface area contributed by atoms with Gasteiger partial charge in [0.1, 0.15) is 5.69 Å². The third kappa shape index (κ3) is 4.72. The number of hydrogen-bond acceptors (Lipinski definition) is 6. The molecular weight excluding hydrogens is 356 g/mol. The normalized spacial score (nSPS) is 10.4. The highest BCUT2D eigenvalue weighted by molar-refractivity contribution is 7.09. The van der Waals surface area contributed by atoms with E-state index in [1.54, 1.807) is 18.3 Å². The van der Waals surface area contributed by atoms with Crippen molar-refractivity contribution in [1.82, 2.24) is 10.3 Å². The van der Waals surface area contributed by atoms with Gasteiger partial charge in [-0.25, -0.2) is 9.59 Å². The highest BCUT2D eigenvalue weighted by Crippen LogP contribution is 2.20. The summed E-state index contributed by atoms with van der Waals surface area (Å²) in [6.07, 6.45) is 1.26. The number of H-pyrrole nitrogens is 1. The standard InChI is InChI=1S/C18H22N2O5S/c1-4-13-15(17(22)24-3)11(2)16(20-13)18(23)25-10-14(21)19-8-7-12-6-5-9-26-12/h5-6,9,20H,4,7-8,10H2,1-3H3,(H,19,21). The summed E-state index contributed by atoms with van der Waals surface area (Å²) >= 11 is 1.62. The molecule has 0 aliphatic rings. The van der Waals surface area contributed by atoms with Gasteiger partial charge in [-0.2, -0.15) is 0 Å². The maximum atomic E-state index is 12.2. The molecule has 8 heteroatoms. The molecule has 26 heavy (non-hydrogen) atoms. The molecular formula is C18H22N2O5S. The summed E-state index contributed by atoms with van der Waals surface area (Å²) in [6, 6.07) is 3.95. The average molecular weight is 378 g/mol. The first-order valence-corrected chi connectivity index (χ1v) is 9.11. The molecule has 2 heterocycles. The van der Waals surface area contributed by atoms with Gasteiger partial charge < -0.3 is 19.8 Å². The van der Waals surface area contributed by atoms with Crippen molar-refractivity contribution in [3.05, 3.63) is 44.9 Å². The third-order valence-electron chi connectivity index (χ3n) is 3.88. The zero-order valence-corrected chi connectivity index (χ0v) is 15.8. The molecule has 140 valence electrons. The van der Waals surface area contributed by atoms with Crippen LogP contribution < -0.4 is 5.32 Å². The zero-order chi connectivity index (χ0) is 19.1. The van der Waals surface area contributed by atoms with Crippen LogP contribution in [-0.2, 0) is 27.1 Å². The Balaban J connectivity index is 1.90. The number of carbonyl (C=O) groups is 3. The molecule has 2 aromatic heterocycles. The van der Waals surface area contributed by atoms with Crippen LogP contribution in [-0.4, -0.2) is 43.1 Å². The number of carbonyl (C=O) groups excluding carboxylic acids is 3. The van der Waals surface area contributed by atoms with Crippen LogP contribution in [0.4, 0.5) is 0 Å². The summed E-state index contributed by atoms with van der Waals surface area (Å²) in [7, 11) is 1.28. The maximum absolute atomic E-state index is 12.2. The van der Waals surface area contributed by atoms with Gasteiger partial charge in [0.2, 0.25) is 0 Å². The van der Waals surface area contributed by atoms with Crippen LogP contribution >= 0.6 is 11.3 Å². The number of aromatic nitrogens is 1. The fraction of sp³-hybridized carbons (Fsp3) is 0.389. The third-order valence-corrected chi connectivity index (χ3v) is 4.82. The number of amides is 1. The van der Waals surface area contributed by atoms with Crippen LogP contribution in [0.1, 0.15) is 43.9 Å². The lowest BCUT2D eigenvalue weighted by molar-refractivity contribution is -0.124. The second-order valence-electron chi connectivity index (χ2n) is 5.58. The van der Waals surface area contributed by atoms with Gasteiger partial charge in [0.05, 0.1) is 12.7 Å². The average Bonchev–Trinajstić information content (AvgIpc) is 3.26. The molecule has 0 fully saturated rings. The number of aryl methyl sites for hydroxylation is 1. The molecule has 1 amide bonds. The van der Waals surface area contributed by atoms with E-state index in [-0.39, 0.29) is 18.2 Å². The number of aromatic amines is 1. The van der Waals surface area contributed by atoms with Crippen molar-refractivity contribution in [2.75, 3.05) is 20.3 Å². The quantitative estimate of drug-likeness (QED) is 0.687. The molecule has 0 saturated heterocycles. The minimum absolute atomic E-state index is 0.161. The van der Waals surface area contributed by atoms with Gasteiger partial charge in [-0.05, 0) is 36.8 Å². The number of nitrogens with one attached hydrogen (secondary N) is 2. The number of rotatable bonds is 8. The molecule has 7 nitrogen and oxygen atoms in total. The molecule has 0 saturated carbocycles. The Bertz CT molecular complexity index is 780. The van der Waals surface area contributed by atoms with Crippen LogP contribution in [0.25, 0.3) is 0 Å². The fourth-order valence-corrected chi connectivity index (χ4v) is 3.25. The summed E-state index contributed by atoms with van der Waals surface area (Å²) in [5.41, 5.74) is 1.55. The van der Waals surface area contributed by atoms with Crippen molar-refractivity contribution in [2.24, 2.45) is 0 Å². The van der Waals surface area contributed by atoms with Crippen LogP contribution in [0.5, 0.6) is 0 Å². The monoisotopic (exact) mass is 378 g/mol. The van der Waals surface area contributed by atoms with Gasteiger partial charge in [-0.1, -0.05) is 13.0 Å². The number of hydrogen-bond donors (Lipinski definition) is 2. The summed E-state index contributed by atoms with van der Waals surface area (Å²) in [4.78, 5) is 40.0. The van der Waals surface area contributed by atoms with Gasteiger partial charge in [0, 0.05) is 17.1 Å². The minimum Gasteiger partial charge on any atom is -0.465 e. The molecule has 0 unspecified atom stereocenters. The minimum atomic E-state index is -0.680. The summed E-state index contributed by atoms with van der Waals surface area (Å²) < 4.78 is 9.80. The largest absolute Gasteiger partial charge is 0.465 e. The smallest absolute Gasteiger partial charge is 0.355 e. The van der Waals surface area contributed by atoms with E-state index in [1.165, 1.54) is 12.0 Å². The van der Waals surface area contributed by atoms with Crippen molar-refractivity contribution in [2.45, 2.75) is 26.7 Å². The van der Waals surface area contributed by atoms with Crippen LogP contribution in [0.3, 0.4) is 0 Å². The second-order valence-corrected chi connectivity index (χ2v) is 6.61. The highest BCUT2D eigenvalue weighted by Gasteiger charge is 2.24. The molecule has 0 spiro atoms. The summed E-state index contributed by atoms with van der Waals surface area (Å²) in [6.45, 7) is 3.59. The van der Waals surface area contributed by atoms with E-state index in [9.17, 15) is 14.4 Å². The summed E-state index contributed by atoms with van der Waals surface area (Å²) in [5, 5.41) is 4.68. The van der Waals surface area contributed by atoms with Crippen LogP contribution in [0.2, 0.25) is 0 Å². The van der Waals surface area contributed by atoms with Gasteiger partial charge in [-0.15, -0.1) is 11.3 Å². The Labute approximate surface area is 155 Å². The first kappa shape index (κ1) is 19.7. The van der Waals surface area contributed by atoms with Gasteiger partial charge in [0.15, 0.2) is 6.61 Å². The van der Waals surface area contributed by atoms with Crippen molar-refractivity contribution >= 4 is 29.2 Å². The SMILES string of the molecule is CCc1[nH]c(C(=O)OCC(=O)NCCc2cccs2)c(C)c1C(=O)OC. The first-order chi connectivity index (χ1) is 12.5. The molecule has 2 aromatic rings. The van der Waals surface area contributed by atoms with E-state index in [1.807, 2.05) is 24.4 Å². The Morgan fingerprint density at radius 2 is 2.04 bits per heavy atom. The number of ether oxygens (including phenoxy) is 2. The van der Waals surface area contributed by atoms with Gasteiger partial charge in [-0.3, -0.25) is 4.79 Å². The molecule has 2 rings (SSSR count). The first-order valence-electron chi connectivity index (χ1n) is 8.23. The van der Waals surface area contributed by atoms with Crippen molar-refractivity contribution in [3.8, 4) is 0 Å². The van der Waals surface area contributed by atoms with Crippen molar-refractivity contribution in [1.29, 1.82) is 0 Å². The molecule has 2 N–H and O–H groups in total. The summed E-state index contributed by atoms with van der Waals surface area (Å²) in [5.74, 6) is -1.57. The van der Waals surface area contributed by atoms with Crippen LogP contribution in [0, 0.1) is 6.92 Å².